The maximum atomic E-state index is 14.4. The molecule has 4 heterocycles. The number of nitrogens with one attached hydrogen (secondary N) is 1. The van der Waals surface area contributed by atoms with Crippen molar-refractivity contribution in [2.45, 2.75) is 102 Å². The van der Waals surface area contributed by atoms with Crippen LogP contribution in [-0.2, 0) is 25.5 Å². The SMILES string of the molecule is COc1ccc2nc3c(nc2c1)O[C@H]1CN(C(=O)[C@H](C2(C)CCOCC2)NC(=O)O[C@@H]2CCC[C@H]2CCCCC3)[C@H](C=O)[C@@H]1C. The Morgan fingerprint density at radius 2 is 1.80 bits per heavy atom. The summed E-state index contributed by atoms with van der Waals surface area (Å²) in [7, 11) is 1.61. The van der Waals surface area contributed by atoms with Crippen molar-refractivity contribution in [3.63, 3.8) is 0 Å². The highest BCUT2D eigenvalue weighted by Gasteiger charge is 2.50. The van der Waals surface area contributed by atoms with Crippen molar-refractivity contribution in [2.24, 2.45) is 17.3 Å². The van der Waals surface area contributed by atoms with E-state index in [0.717, 1.165) is 62.4 Å². The van der Waals surface area contributed by atoms with Crippen molar-refractivity contribution in [1.82, 2.24) is 20.2 Å². The zero-order valence-electron chi connectivity index (χ0n) is 26.7. The largest absolute Gasteiger partial charge is 0.497 e. The molecular formula is C34H46N4O7. The summed E-state index contributed by atoms with van der Waals surface area (Å²) >= 11 is 0. The van der Waals surface area contributed by atoms with Crippen LogP contribution in [-0.4, -0.2) is 84.3 Å². The number of carbonyl (C=O) groups is 3. The molecule has 6 atom stereocenters. The number of methoxy groups -OCH3 is 1. The van der Waals surface area contributed by atoms with Crippen molar-refractivity contribution in [1.29, 1.82) is 0 Å². The summed E-state index contributed by atoms with van der Waals surface area (Å²) in [5, 5.41) is 2.98. The monoisotopic (exact) mass is 622 g/mol. The molecular weight excluding hydrogens is 576 g/mol. The zero-order valence-corrected chi connectivity index (χ0v) is 26.7. The molecule has 0 radical (unpaired) electrons. The van der Waals surface area contributed by atoms with Gasteiger partial charge in [0.05, 0.1) is 30.7 Å². The van der Waals surface area contributed by atoms with Gasteiger partial charge in [0.1, 0.15) is 36.0 Å². The Bertz CT molecular complexity index is 1400. The quantitative estimate of drug-likeness (QED) is 0.487. The van der Waals surface area contributed by atoms with Crippen molar-refractivity contribution < 1.29 is 33.3 Å². The van der Waals surface area contributed by atoms with Gasteiger partial charge in [0.2, 0.25) is 11.8 Å². The van der Waals surface area contributed by atoms with E-state index in [1.807, 2.05) is 32.0 Å². The van der Waals surface area contributed by atoms with Gasteiger partial charge in [-0.2, -0.15) is 0 Å². The molecule has 4 aliphatic rings. The molecule has 1 N–H and O–H groups in total. The van der Waals surface area contributed by atoms with E-state index in [4.69, 9.17) is 28.9 Å². The standard InChI is InChI=1S/C34H46N4O7/c1-21-27(20-39)38-19-29(21)44-31-25(35-24-13-12-23(42-3)18-26(24)36-31)10-6-4-5-8-22-9-7-11-28(22)45-33(41)37-30(32(38)40)34(2)14-16-43-17-15-34/h12-13,18,20-22,27-30H,4-11,14-17,19H2,1-3H3,(H,37,41)/t21-,22+,27+,28+,29-,30+/m0/s1. The predicted octanol–water partition coefficient (Wildman–Crippen LogP) is 4.63. The number of carbonyl (C=O) groups excluding carboxylic acids is 3. The number of rotatable bonds is 3. The maximum absolute atomic E-state index is 14.4. The number of hydrogen-bond donors (Lipinski definition) is 1. The lowest BCUT2D eigenvalue weighted by molar-refractivity contribution is -0.142. The van der Waals surface area contributed by atoms with Crippen LogP contribution in [0.5, 0.6) is 11.6 Å². The van der Waals surface area contributed by atoms with Gasteiger partial charge in [-0.15, -0.1) is 0 Å². The van der Waals surface area contributed by atoms with E-state index in [0.29, 0.717) is 55.5 Å². The van der Waals surface area contributed by atoms with Gasteiger partial charge in [-0.3, -0.25) is 4.79 Å². The van der Waals surface area contributed by atoms with Crippen molar-refractivity contribution >= 4 is 29.3 Å². The van der Waals surface area contributed by atoms with Gasteiger partial charge in [0.15, 0.2) is 0 Å². The van der Waals surface area contributed by atoms with E-state index in [1.165, 1.54) is 0 Å². The minimum atomic E-state index is -0.871. The number of benzene rings is 1. The fourth-order valence-electron chi connectivity index (χ4n) is 7.63. The molecule has 244 valence electrons. The minimum Gasteiger partial charge on any atom is -0.497 e. The first-order valence-corrected chi connectivity index (χ1v) is 16.6. The smallest absolute Gasteiger partial charge is 0.408 e. The van der Waals surface area contributed by atoms with Gasteiger partial charge in [0, 0.05) is 30.6 Å². The fourth-order valence-corrected chi connectivity index (χ4v) is 7.63. The highest BCUT2D eigenvalue weighted by molar-refractivity contribution is 5.89. The molecule has 2 bridgehead atoms. The summed E-state index contributed by atoms with van der Waals surface area (Å²) in [4.78, 5) is 51.8. The van der Waals surface area contributed by atoms with E-state index >= 15 is 0 Å². The first kappa shape index (κ1) is 31.5. The average Bonchev–Trinajstić information content (AvgIpc) is 3.61. The second kappa shape index (κ2) is 13.5. The number of aromatic nitrogens is 2. The predicted molar refractivity (Wildman–Crippen MR) is 166 cm³/mol. The van der Waals surface area contributed by atoms with Gasteiger partial charge in [0.25, 0.3) is 0 Å². The van der Waals surface area contributed by atoms with Crippen LogP contribution in [0.15, 0.2) is 18.2 Å². The summed E-state index contributed by atoms with van der Waals surface area (Å²) in [6.07, 6.45) is 8.31. The number of alkyl carbamates (subject to hydrolysis) is 1. The topological polar surface area (TPSA) is 129 Å². The third-order valence-corrected chi connectivity index (χ3v) is 10.6. The first-order chi connectivity index (χ1) is 21.8. The van der Waals surface area contributed by atoms with Crippen LogP contribution < -0.4 is 14.8 Å². The van der Waals surface area contributed by atoms with Crippen molar-refractivity contribution in [3.8, 4) is 11.6 Å². The van der Waals surface area contributed by atoms with E-state index in [9.17, 15) is 14.4 Å². The average molecular weight is 623 g/mol. The number of hydrogen-bond acceptors (Lipinski definition) is 9. The van der Waals surface area contributed by atoms with E-state index in [2.05, 4.69) is 5.32 Å². The van der Waals surface area contributed by atoms with E-state index in [1.54, 1.807) is 12.0 Å². The number of amides is 2. The molecule has 0 unspecified atom stereocenters. The molecule has 1 aromatic heterocycles. The number of aryl methyl sites for hydroxylation is 1. The number of nitrogens with zero attached hydrogens (tertiary/aromatic N) is 3. The Morgan fingerprint density at radius 1 is 1.00 bits per heavy atom. The summed E-state index contributed by atoms with van der Waals surface area (Å²) < 4.78 is 23.7. The van der Waals surface area contributed by atoms with Gasteiger partial charge in [-0.25, -0.2) is 14.8 Å². The fraction of sp³-hybridized carbons (Fsp3) is 0.676. The highest BCUT2D eigenvalue weighted by atomic mass is 16.6. The van der Waals surface area contributed by atoms with Crippen LogP contribution >= 0.6 is 0 Å². The normalized spacial score (nSPS) is 31.0. The molecule has 1 saturated carbocycles. The third kappa shape index (κ3) is 6.59. The molecule has 2 aromatic rings. The van der Waals surface area contributed by atoms with Gasteiger partial charge >= 0.3 is 6.09 Å². The Labute approximate surface area is 264 Å². The summed E-state index contributed by atoms with van der Waals surface area (Å²) in [5.74, 6) is 0.797. The second-order valence-electron chi connectivity index (χ2n) is 13.5. The van der Waals surface area contributed by atoms with E-state index in [-0.39, 0.29) is 24.5 Å². The first-order valence-electron chi connectivity index (χ1n) is 16.6. The number of ether oxygens (including phenoxy) is 4. The molecule has 1 aromatic carbocycles. The maximum Gasteiger partial charge on any atom is 0.408 e. The second-order valence-corrected chi connectivity index (χ2v) is 13.5. The Balaban J connectivity index is 1.36. The molecule has 3 fully saturated rings. The highest BCUT2D eigenvalue weighted by Crippen LogP contribution is 2.38. The summed E-state index contributed by atoms with van der Waals surface area (Å²) in [6, 6.07) is 4.02. The van der Waals surface area contributed by atoms with E-state index < -0.39 is 29.7 Å². The van der Waals surface area contributed by atoms with Gasteiger partial charge in [-0.1, -0.05) is 26.7 Å². The molecule has 11 heteroatoms. The van der Waals surface area contributed by atoms with Crippen LogP contribution in [0.4, 0.5) is 4.79 Å². The Hall–Kier alpha value is -3.47. The zero-order chi connectivity index (χ0) is 31.6. The van der Waals surface area contributed by atoms with Crippen molar-refractivity contribution in [2.75, 3.05) is 26.9 Å². The molecule has 0 spiro atoms. The number of fused-ring (bicyclic) bond motifs is 5. The lowest BCUT2D eigenvalue weighted by Crippen LogP contribution is -2.59. The Morgan fingerprint density at radius 3 is 2.58 bits per heavy atom. The molecule has 11 nitrogen and oxygen atoms in total. The molecule has 6 rings (SSSR count). The third-order valence-electron chi connectivity index (χ3n) is 10.6. The minimum absolute atomic E-state index is 0.163. The number of aldehydes is 1. The molecule has 2 saturated heterocycles. The summed E-state index contributed by atoms with van der Waals surface area (Å²) in [6.45, 7) is 5.11. The summed E-state index contributed by atoms with van der Waals surface area (Å²) in [5.41, 5.74) is 1.63. The molecule has 3 aliphatic heterocycles. The van der Waals surface area contributed by atoms with Crippen LogP contribution in [0.3, 0.4) is 0 Å². The van der Waals surface area contributed by atoms with Crippen LogP contribution in [0.2, 0.25) is 0 Å². The molecule has 2 amide bonds. The van der Waals surface area contributed by atoms with Crippen molar-refractivity contribution in [3.05, 3.63) is 23.9 Å². The Kier molecular flexibility index (Phi) is 9.44. The van der Waals surface area contributed by atoms with Gasteiger partial charge in [-0.05, 0) is 69.4 Å². The molecule has 45 heavy (non-hydrogen) atoms. The van der Waals surface area contributed by atoms with Crippen LogP contribution in [0.1, 0.15) is 77.3 Å². The van der Waals surface area contributed by atoms with Gasteiger partial charge < -0.3 is 34.0 Å². The van der Waals surface area contributed by atoms with Crippen LogP contribution in [0, 0.1) is 17.3 Å². The lowest BCUT2D eigenvalue weighted by atomic mass is 9.75. The lowest BCUT2D eigenvalue weighted by Gasteiger charge is -2.41. The van der Waals surface area contributed by atoms with Crippen LogP contribution in [0.25, 0.3) is 11.0 Å². The molecule has 1 aliphatic carbocycles.